The van der Waals surface area contributed by atoms with Gasteiger partial charge in [0.15, 0.2) is 0 Å². The molecule has 0 fully saturated rings. The molecule has 0 N–H and O–H groups in total. The molecule has 0 saturated heterocycles. The van der Waals surface area contributed by atoms with Gasteiger partial charge in [0.05, 0.1) is 0 Å². The van der Waals surface area contributed by atoms with Gasteiger partial charge in [0.1, 0.15) is 0 Å². The first-order chi connectivity index (χ1) is 5.80. The number of benzene rings is 1. The highest BCUT2D eigenvalue weighted by Gasteiger charge is 1.97. The Balaban J connectivity index is 3.01. The lowest BCUT2D eigenvalue weighted by Gasteiger charge is -2.04. The van der Waals surface area contributed by atoms with Crippen LogP contribution in [0.2, 0.25) is 0 Å². The zero-order chi connectivity index (χ0) is 8.97. The van der Waals surface area contributed by atoms with E-state index in [-0.39, 0.29) is 0 Å². The summed E-state index contributed by atoms with van der Waals surface area (Å²) in [5.41, 5.74) is 2.91. The molecule has 0 nitrogen and oxygen atoms in total. The third-order valence-corrected chi connectivity index (χ3v) is 2.79. The molecule has 0 radical (unpaired) electrons. The van der Waals surface area contributed by atoms with Crippen LogP contribution in [0.3, 0.4) is 0 Å². The Morgan fingerprint density at radius 3 is 1.83 bits per heavy atom. The average Bonchev–Trinajstić information content (AvgIpc) is 2.16. The summed E-state index contributed by atoms with van der Waals surface area (Å²) in [7, 11) is 0. The number of thioether (sulfide) groups is 1. The van der Waals surface area contributed by atoms with E-state index in [0.717, 1.165) is 12.8 Å². The van der Waals surface area contributed by atoms with Crippen molar-refractivity contribution in [1.82, 2.24) is 0 Å². The molecule has 0 aliphatic carbocycles. The van der Waals surface area contributed by atoms with Crippen LogP contribution < -0.4 is 0 Å². The second-order valence-electron chi connectivity index (χ2n) is 2.90. The molecule has 0 spiro atoms. The van der Waals surface area contributed by atoms with Crippen molar-refractivity contribution >= 4 is 11.8 Å². The maximum atomic E-state index is 2.31. The summed E-state index contributed by atoms with van der Waals surface area (Å²) < 4.78 is 0. The second kappa shape index (κ2) is 4.56. The lowest BCUT2D eigenvalue weighted by atomic mass is 10.1. The summed E-state index contributed by atoms with van der Waals surface area (Å²) in [6.45, 7) is 4.41. The van der Waals surface area contributed by atoms with Crippen LogP contribution in [-0.2, 0) is 12.8 Å². The molecule has 0 bridgehead atoms. The van der Waals surface area contributed by atoms with Crippen molar-refractivity contribution in [3.8, 4) is 0 Å². The summed E-state index contributed by atoms with van der Waals surface area (Å²) >= 11 is 1.83. The van der Waals surface area contributed by atoms with E-state index >= 15 is 0 Å². The molecule has 1 aromatic carbocycles. The molecular formula is C11H16S. The molecule has 0 aliphatic heterocycles. The van der Waals surface area contributed by atoms with Crippen molar-refractivity contribution in [2.45, 2.75) is 31.6 Å². The Kier molecular flexibility index (Phi) is 3.67. The third kappa shape index (κ3) is 2.28. The molecule has 1 aromatic rings. The predicted octanol–water partition coefficient (Wildman–Crippen LogP) is 3.53. The monoisotopic (exact) mass is 180 g/mol. The van der Waals surface area contributed by atoms with E-state index in [1.165, 1.54) is 16.0 Å². The van der Waals surface area contributed by atoms with Gasteiger partial charge in [-0.2, -0.15) is 0 Å². The van der Waals surface area contributed by atoms with Crippen molar-refractivity contribution in [1.29, 1.82) is 0 Å². The van der Waals surface area contributed by atoms with Gasteiger partial charge in [-0.3, -0.25) is 0 Å². The van der Waals surface area contributed by atoms with Gasteiger partial charge < -0.3 is 0 Å². The average molecular weight is 180 g/mol. The lowest BCUT2D eigenvalue weighted by Crippen LogP contribution is -1.86. The fourth-order valence-electron chi connectivity index (χ4n) is 1.25. The summed E-state index contributed by atoms with van der Waals surface area (Å²) in [6.07, 6.45) is 4.41. The summed E-state index contributed by atoms with van der Waals surface area (Å²) in [5, 5.41) is 0. The molecule has 0 amide bonds. The summed E-state index contributed by atoms with van der Waals surface area (Å²) in [4.78, 5) is 1.39. The van der Waals surface area contributed by atoms with Gasteiger partial charge in [-0.25, -0.2) is 0 Å². The molecule has 0 saturated carbocycles. The van der Waals surface area contributed by atoms with E-state index < -0.39 is 0 Å². The van der Waals surface area contributed by atoms with Crippen molar-refractivity contribution < 1.29 is 0 Å². The molecule has 0 heterocycles. The van der Waals surface area contributed by atoms with E-state index in [9.17, 15) is 0 Å². The van der Waals surface area contributed by atoms with Crippen molar-refractivity contribution in [2.24, 2.45) is 0 Å². The minimum absolute atomic E-state index is 1.14. The Labute approximate surface area is 79.4 Å². The van der Waals surface area contributed by atoms with Crippen LogP contribution in [0, 0.1) is 0 Å². The van der Waals surface area contributed by atoms with Gasteiger partial charge in [-0.1, -0.05) is 19.9 Å². The van der Waals surface area contributed by atoms with E-state index in [2.05, 4.69) is 38.3 Å². The molecule has 0 atom stereocenters. The summed E-state index contributed by atoms with van der Waals surface area (Å²) in [5.74, 6) is 0. The normalized spacial score (nSPS) is 10.2. The topological polar surface area (TPSA) is 0 Å². The maximum absolute atomic E-state index is 2.31. The molecule has 0 unspecified atom stereocenters. The Morgan fingerprint density at radius 2 is 1.50 bits per heavy atom. The third-order valence-electron chi connectivity index (χ3n) is 2.08. The van der Waals surface area contributed by atoms with Crippen LogP contribution in [0.25, 0.3) is 0 Å². The van der Waals surface area contributed by atoms with E-state index in [4.69, 9.17) is 0 Å². The highest BCUT2D eigenvalue weighted by molar-refractivity contribution is 7.98. The van der Waals surface area contributed by atoms with E-state index in [0.29, 0.717) is 0 Å². The zero-order valence-electron chi connectivity index (χ0n) is 8.05. The number of aryl methyl sites for hydroxylation is 2. The molecule has 12 heavy (non-hydrogen) atoms. The molecular weight excluding hydrogens is 164 g/mol. The van der Waals surface area contributed by atoms with Crippen LogP contribution in [-0.4, -0.2) is 6.26 Å². The quantitative estimate of drug-likeness (QED) is 0.641. The van der Waals surface area contributed by atoms with Crippen molar-refractivity contribution in [2.75, 3.05) is 6.26 Å². The largest absolute Gasteiger partial charge is 0.130 e. The molecule has 1 heteroatoms. The Hall–Kier alpha value is -0.430. The second-order valence-corrected chi connectivity index (χ2v) is 3.78. The summed E-state index contributed by atoms with van der Waals surface area (Å²) in [6, 6.07) is 6.87. The van der Waals surface area contributed by atoms with E-state index in [1.54, 1.807) is 0 Å². The number of rotatable bonds is 3. The van der Waals surface area contributed by atoms with Gasteiger partial charge in [-0.05, 0) is 42.4 Å². The maximum Gasteiger partial charge on any atom is 0.00746 e. The standard InChI is InChI=1S/C11H16S/c1-4-9-6-10(5-2)8-11(7-9)12-3/h6-8H,4-5H2,1-3H3. The van der Waals surface area contributed by atoms with Gasteiger partial charge in [0.25, 0.3) is 0 Å². The first-order valence-electron chi connectivity index (χ1n) is 4.47. The Morgan fingerprint density at radius 1 is 1.00 bits per heavy atom. The van der Waals surface area contributed by atoms with Crippen LogP contribution >= 0.6 is 11.8 Å². The van der Waals surface area contributed by atoms with Crippen LogP contribution in [0.5, 0.6) is 0 Å². The molecule has 66 valence electrons. The minimum atomic E-state index is 1.14. The zero-order valence-corrected chi connectivity index (χ0v) is 8.87. The van der Waals surface area contributed by atoms with Crippen LogP contribution in [0.15, 0.2) is 23.1 Å². The molecule has 0 aliphatic rings. The highest BCUT2D eigenvalue weighted by atomic mass is 32.2. The molecule has 0 aromatic heterocycles. The van der Waals surface area contributed by atoms with Crippen molar-refractivity contribution in [3.63, 3.8) is 0 Å². The number of hydrogen-bond donors (Lipinski definition) is 0. The fraction of sp³-hybridized carbons (Fsp3) is 0.455. The highest BCUT2D eigenvalue weighted by Crippen LogP contribution is 2.19. The first-order valence-corrected chi connectivity index (χ1v) is 5.69. The van der Waals surface area contributed by atoms with Gasteiger partial charge in [0, 0.05) is 4.90 Å². The Bertz CT molecular complexity index is 198. The smallest absolute Gasteiger partial charge is 0.00746 e. The van der Waals surface area contributed by atoms with Crippen molar-refractivity contribution in [3.05, 3.63) is 29.3 Å². The number of hydrogen-bond acceptors (Lipinski definition) is 1. The van der Waals surface area contributed by atoms with Gasteiger partial charge in [0.2, 0.25) is 0 Å². The predicted molar refractivity (Wildman–Crippen MR) is 57.0 cm³/mol. The SMILES string of the molecule is CCc1cc(CC)cc(SC)c1. The van der Waals surface area contributed by atoms with E-state index in [1.807, 2.05) is 11.8 Å². The van der Waals surface area contributed by atoms with Gasteiger partial charge in [-0.15, -0.1) is 11.8 Å². The van der Waals surface area contributed by atoms with Crippen LogP contribution in [0.1, 0.15) is 25.0 Å². The lowest BCUT2D eigenvalue weighted by molar-refractivity contribution is 1.06. The van der Waals surface area contributed by atoms with Crippen LogP contribution in [0.4, 0.5) is 0 Å². The fourth-order valence-corrected chi connectivity index (χ4v) is 1.79. The van der Waals surface area contributed by atoms with Gasteiger partial charge >= 0.3 is 0 Å². The molecule has 1 rings (SSSR count). The first kappa shape index (κ1) is 9.66. The minimum Gasteiger partial charge on any atom is -0.130 e.